The summed E-state index contributed by atoms with van der Waals surface area (Å²) < 4.78 is 0. The van der Waals surface area contributed by atoms with Gasteiger partial charge in [0.1, 0.15) is 5.69 Å². The quantitative estimate of drug-likeness (QED) is 0.809. The Kier molecular flexibility index (Phi) is 2.85. The maximum absolute atomic E-state index is 11.6. The molecule has 0 spiro atoms. The number of anilines is 1. The number of aromatic nitrogens is 1. The van der Waals surface area contributed by atoms with Crippen LogP contribution in [0.3, 0.4) is 0 Å². The molecule has 1 aromatic heterocycles. The van der Waals surface area contributed by atoms with Crippen LogP contribution in [0.4, 0.5) is 5.69 Å². The lowest BCUT2D eigenvalue weighted by molar-refractivity contribution is -0.122. The van der Waals surface area contributed by atoms with Crippen LogP contribution in [-0.2, 0) is 4.79 Å². The van der Waals surface area contributed by atoms with E-state index in [1.807, 2.05) is 0 Å². The zero-order chi connectivity index (χ0) is 11.5. The molecule has 1 heterocycles. The van der Waals surface area contributed by atoms with E-state index in [1.54, 1.807) is 6.07 Å². The molecule has 1 aliphatic carbocycles. The first-order valence-electron chi connectivity index (χ1n) is 5.17. The van der Waals surface area contributed by atoms with Gasteiger partial charge in [-0.2, -0.15) is 0 Å². The molecule has 16 heavy (non-hydrogen) atoms. The second-order valence-electron chi connectivity index (χ2n) is 3.85. The van der Waals surface area contributed by atoms with Crippen molar-refractivity contribution >= 4 is 17.6 Å². The number of hydrogen-bond donors (Lipinski definition) is 2. The van der Waals surface area contributed by atoms with Gasteiger partial charge in [-0.15, -0.1) is 0 Å². The molecule has 5 nitrogen and oxygen atoms in total. The minimum atomic E-state index is -1.10. The predicted molar refractivity (Wildman–Crippen MR) is 57.2 cm³/mol. The third-order valence-electron chi connectivity index (χ3n) is 2.72. The molecule has 0 aliphatic heterocycles. The van der Waals surface area contributed by atoms with Crippen LogP contribution in [0, 0.1) is 5.92 Å². The molecule has 0 unspecified atom stereocenters. The third-order valence-corrected chi connectivity index (χ3v) is 2.72. The molecule has 1 saturated carbocycles. The molecule has 2 N–H and O–H groups in total. The second kappa shape index (κ2) is 4.30. The fourth-order valence-corrected chi connectivity index (χ4v) is 1.54. The van der Waals surface area contributed by atoms with E-state index in [0.717, 1.165) is 19.3 Å². The summed E-state index contributed by atoms with van der Waals surface area (Å²) >= 11 is 0. The van der Waals surface area contributed by atoms with Gasteiger partial charge in [-0.1, -0.05) is 6.42 Å². The zero-order valence-electron chi connectivity index (χ0n) is 8.64. The van der Waals surface area contributed by atoms with Crippen molar-refractivity contribution < 1.29 is 14.7 Å². The van der Waals surface area contributed by atoms with Gasteiger partial charge in [0.15, 0.2) is 0 Å². The maximum Gasteiger partial charge on any atom is 0.354 e. The van der Waals surface area contributed by atoms with Crippen molar-refractivity contribution in [2.75, 3.05) is 5.32 Å². The summed E-state index contributed by atoms with van der Waals surface area (Å²) in [6.45, 7) is 0. The maximum atomic E-state index is 11.6. The summed E-state index contributed by atoms with van der Waals surface area (Å²) in [6.07, 6.45) is 4.31. The second-order valence-corrected chi connectivity index (χ2v) is 3.85. The highest BCUT2D eigenvalue weighted by molar-refractivity contribution is 5.94. The van der Waals surface area contributed by atoms with E-state index in [4.69, 9.17) is 5.11 Å². The van der Waals surface area contributed by atoms with Crippen molar-refractivity contribution in [2.24, 2.45) is 5.92 Å². The number of amides is 1. The summed E-state index contributed by atoms with van der Waals surface area (Å²) in [7, 11) is 0. The number of pyridine rings is 1. The highest BCUT2D eigenvalue weighted by atomic mass is 16.4. The lowest BCUT2D eigenvalue weighted by Gasteiger charge is -2.23. The lowest BCUT2D eigenvalue weighted by Crippen LogP contribution is -2.28. The van der Waals surface area contributed by atoms with E-state index < -0.39 is 5.97 Å². The molecule has 0 bridgehead atoms. The Balaban J connectivity index is 2.05. The number of aromatic carboxylic acids is 1. The fourth-order valence-electron chi connectivity index (χ4n) is 1.54. The molecule has 1 aromatic rings. The summed E-state index contributed by atoms with van der Waals surface area (Å²) in [4.78, 5) is 25.9. The summed E-state index contributed by atoms with van der Waals surface area (Å²) in [5.74, 6) is -1.05. The number of carboxylic acids is 1. The van der Waals surface area contributed by atoms with Gasteiger partial charge in [0.05, 0.1) is 0 Å². The Morgan fingerprint density at radius 3 is 2.75 bits per heavy atom. The molecular formula is C11H12N2O3. The molecule has 84 valence electrons. The highest BCUT2D eigenvalue weighted by Gasteiger charge is 2.25. The molecule has 2 rings (SSSR count). The monoisotopic (exact) mass is 220 g/mol. The smallest absolute Gasteiger partial charge is 0.354 e. The van der Waals surface area contributed by atoms with Gasteiger partial charge in [-0.05, 0) is 25.0 Å². The third kappa shape index (κ3) is 2.18. The number of carbonyl (C=O) groups excluding carboxylic acids is 1. The predicted octanol–water partition coefficient (Wildman–Crippen LogP) is 1.52. The first-order valence-corrected chi connectivity index (χ1v) is 5.17. The van der Waals surface area contributed by atoms with Crippen molar-refractivity contribution in [2.45, 2.75) is 19.3 Å². The van der Waals surface area contributed by atoms with E-state index in [1.165, 1.54) is 12.3 Å². The number of nitrogens with one attached hydrogen (secondary N) is 1. The fraction of sp³-hybridized carbons (Fsp3) is 0.364. The van der Waals surface area contributed by atoms with Gasteiger partial charge in [-0.25, -0.2) is 9.78 Å². The standard InChI is InChI=1S/C11H12N2O3/c14-10(7-2-1-3-7)13-8-4-5-12-9(6-8)11(15)16/h4-7H,1-3H2,(H,15,16)(H,12,13,14). The lowest BCUT2D eigenvalue weighted by atomic mass is 9.85. The van der Waals surface area contributed by atoms with Crippen LogP contribution < -0.4 is 5.32 Å². The summed E-state index contributed by atoms with van der Waals surface area (Å²) in [6, 6.07) is 2.95. The normalized spacial score (nSPS) is 15.2. The van der Waals surface area contributed by atoms with Crippen molar-refractivity contribution in [3.8, 4) is 0 Å². The SMILES string of the molecule is O=C(O)c1cc(NC(=O)C2CCC2)ccn1. The summed E-state index contributed by atoms with van der Waals surface area (Å²) in [5.41, 5.74) is 0.427. The van der Waals surface area contributed by atoms with Crippen LogP contribution in [0.15, 0.2) is 18.3 Å². The average Bonchev–Trinajstić information content (AvgIpc) is 2.15. The Labute approximate surface area is 92.5 Å². The summed E-state index contributed by atoms with van der Waals surface area (Å²) in [5, 5.41) is 11.4. The van der Waals surface area contributed by atoms with E-state index >= 15 is 0 Å². The van der Waals surface area contributed by atoms with Gasteiger partial charge in [0, 0.05) is 17.8 Å². The van der Waals surface area contributed by atoms with Crippen LogP contribution in [-0.4, -0.2) is 22.0 Å². The Morgan fingerprint density at radius 1 is 1.44 bits per heavy atom. The van der Waals surface area contributed by atoms with E-state index in [-0.39, 0.29) is 17.5 Å². The van der Waals surface area contributed by atoms with Gasteiger partial charge >= 0.3 is 5.97 Å². The average molecular weight is 220 g/mol. The van der Waals surface area contributed by atoms with Crippen molar-refractivity contribution in [3.05, 3.63) is 24.0 Å². The highest BCUT2D eigenvalue weighted by Crippen LogP contribution is 2.27. The Bertz CT molecular complexity index is 427. The molecule has 0 radical (unpaired) electrons. The largest absolute Gasteiger partial charge is 0.477 e. The van der Waals surface area contributed by atoms with Gasteiger partial charge in [-0.3, -0.25) is 4.79 Å². The van der Waals surface area contributed by atoms with Crippen LogP contribution >= 0.6 is 0 Å². The number of nitrogens with zero attached hydrogens (tertiary/aromatic N) is 1. The van der Waals surface area contributed by atoms with Crippen LogP contribution in [0.25, 0.3) is 0 Å². The van der Waals surface area contributed by atoms with Gasteiger partial charge in [0.2, 0.25) is 5.91 Å². The van der Waals surface area contributed by atoms with E-state index in [0.29, 0.717) is 5.69 Å². The molecule has 1 aliphatic rings. The number of carboxylic acid groups (broad SMARTS) is 1. The van der Waals surface area contributed by atoms with Crippen LogP contribution in [0.2, 0.25) is 0 Å². The van der Waals surface area contributed by atoms with E-state index in [9.17, 15) is 9.59 Å². The Hall–Kier alpha value is -1.91. The van der Waals surface area contributed by atoms with Crippen molar-refractivity contribution in [1.82, 2.24) is 4.98 Å². The first kappa shape index (κ1) is 10.6. The molecule has 0 atom stereocenters. The number of rotatable bonds is 3. The topological polar surface area (TPSA) is 79.3 Å². The molecule has 1 amide bonds. The minimum Gasteiger partial charge on any atom is -0.477 e. The van der Waals surface area contributed by atoms with Crippen molar-refractivity contribution in [3.63, 3.8) is 0 Å². The number of hydrogen-bond acceptors (Lipinski definition) is 3. The van der Waals surface area contributed by atoms with Gasteiger partial charge in [0.25, 0.3) is 0 Å². The number of carbonyl (C=O) groups is 2. The van der Waals surface area contributed by atoms with Crippen molar-refractivity contribution in [1.29, 1.82) is 0 Å². The first-order chi connectivity index (χ1) is 7.66. The minimum absolute atomic E-state index is 0.0335. The molecule has 5 heteroatoms. The molecule has 0 saturated heterocycles. The van der Waals surface area contributed by atoms with Crippen LogP contribution in [0.1, 0.15) is 29.8 Å². The van der Waals surface area contributed by atoms with Gasteiger partial charge < -0.3 is 10.4 Å². The van der Waals surface area contributed by atoms with Crippen LogP contribution in [0.5, 0.6) is 0 Å². The Morgan fingerprint density at radius 2 is 2.19 bits per heavy atom. The zero-order valence-corrected chi connectivity index (χ0v) is 8.64. The van der Waals surface area contributed by atoms with E-state index in [2.05, 4.69) is 10.3 Å². The molecule has 0 aromatic carbocycles. The molecular weight excluding hydrogens is 208 g/mol. The molecule has 1 fully saturated rings.